The fourth-order valence-electron chi connectivity index (χ4n) is 4.71. The van der Waals surface area contributed by atoms with E-state index < -0.39 is 0 Å². The van der Waals surface area contributed by atoms with Crippen molar-refractivity contribution < 1.29 is 13.9 Å². The SMILES string of the molecule is COc1ccc(C2=NN(C(=O)CN3CCN(Cc4ccc(C#N)cc4)CC3)C(c3ccco3)C2)cc1. The molecule has 1 amide bonds. The van der Waals surface area contributed by atoms with E-state index in [4.69, 9.17) is 19.5 Å². The maximum Gasteiger partial charge on any atom is 0.257 e. The molecule has 0 aliphatic carbocycles. The highest BCUT2D eigenvalue weighted by Gasteiger charge is 2.35. The summed E-state index contributed by atoms with van der Waals surface area (Å²) in [6.45, 7) is 4.56. The van der Waals surface area contributed by atoms with Gasteiger partial charge in [-0.3, -0.25) is 14.6 Å². The van der Waals surface area contributed by atoms with Crippen LogP contribution in [0.25, 0.3) is 0 Å². The van der Waals surface area contributed by atoms with Crippen LogP contribution in [0.3, 0.4) is 0 Å². The second-order valence-electron chi connectivity index (χ2n) is 9.11. The molecule has 184 valence electrons. The number of hydrogen-bond acceptors (Lipinski definition) is 7. The topological polar surface area (TPSA) is 85.3 Å². The molecule has 5 rings (SSSR count). The minimum absolute atomic E-state index is 0.0274. The van der Waals surface area contributed by atoms with Gasteiger partial charge in [-0.25, -0.2) is 5.01 Å². The number of ether oxygens (including phenoxy) is 1. The van der Waals surface area contributed by atoms with Crippen molar-refractivity contribution in [3.63, 3.8) is 0 Å². The number of benzene rings is 2. The van der Waals surface area contributed by atoms with E-state index in [0.29, 0.717) is 18.5 Å². The van der Waals surface area contributed by atoms with Gasteiger partial charge in [-0.05, 0) is 59.7 Å². The Labute approximate surface area is 211 Å². The molecule has 0 radical (unpaired) electrons. The number of rotatable bonds is 7. The zero-order valence-electron chi connectivity index (χ0n) is 20.3. The molecule has 3 heterocycles. The standard InChI is InChI=1S/C28H29N5O3/c1-35-24-10-8-23(9-11-24)25-17-26(27-3-2-16-36-27)33(30-25)28(34)20-32-14-12-31(13-15-32)19-22-6-4-21(18-29)5-7-22/h2-11,16,26H,12-15,17,19-20H2,1H3. The second kappa shape index (κ2) is 10.8. The number of carbonyl (C=O) groups is 1. The van der Waals surface area contributed by atoms with Gasteiger partial charge in [0.05, 0.1) is 37.3 Å². The number of amides is 1. The number of methoxy groups -OCH3 is 1. The molecule has 0 spiro atoms. The number of piperazine rings is 1. The number of hydrogen-bond donors (Lipinski definition) is 0. The molecular weight excluding hydrogens is 454 g/mol. The summed E-state index contributed by atoms with van der Waals surface area (Å²) in [7, 11) is 1.64. The lowest BCUT2D eigenvalue weighted by Gasteiger charge is -2.35. The minimum Gasteiger partial charge on any atom is -0.497 e. The van der Waals surface area contributed by atoms with Crippen LogP contribution in [0.5, 0.6) is 5.75 Å². The Morgan fingerprint density at radius 2 is 1.78 bits per heavy atom. The lowest BCUT2D eigenvalue weighted by Crippen LogP contribution is -2.49. The summed E-state index contributed by atoms with van der Waals surface area (Å²) in [5.74, 6) is 1.49. The normalized spacial score (nSPS) is 18.6. The monoisotopic (exact) mass is 483 g/mol. The van der Waals surface area contributed by atoms with E-state index in [0.717, 1.165) is 55.5 Å². The lowest BCUT2D eigenvalue weighted by atomic mass is 10.0. The molecule has 0 N–H and O–H groups in total. The van der Waals surface area contributed by atoms with Crippen molar-refractivity contribution >= 4 is 11.6 Å². The zero-order chi connectivity index (χ0) is 24.9. The number of carbonyl (C=O) groups excluding carboxylic acids is 1. The third-order valence-electron chi connectivity index (χ3n) is 6.77. The highest BCUT2D eigenvalue weighted by Crippen LogP contribution is 2.33. The minimum atomic E-state index is -0.248. The van der Waals surface area contributed by atoms with Crippen molar-refractivity contribution in [3.05, 3.63) is 89.4 Å². The summed E-state index contributed by atoms with van der Waals surface area (Å²) in [5.41, 5.74) is 3.70. The third kappa shape index (κ3) is 5.33. The van der Waals surface area contributed by atoms with Gasteiger partial charge in [0.25, 0.3) is 5.91 Å². The Morgan fingerprint density at radius 1 is 1.06 bits per heavy atom. The first-order chi connectivity index (χ1) is 17.6. The molecule has 8 heteroatoms. The van der Waals surface area contributed by atoms with Gasteiger partial charge in [-0.15, -0.1) is 0 Å². The molecule has 1 atom stereocenters. The average molecular weight is 484 g/mol. The molecule has 2 aliphatic rings. The van der Waals surface area contributed by atoms with E-state index in [-0.39, 0.29) is 11.9 Å². The van der Waals surface area contributed by atoms with Gasteiger partial charge in [-0.1, -0.05) is 12.1 Å². The van der Waals surface area contributed by atoms with Crippen LogP contribution >= 0.6 is 0 Å². The maximum atomic E-state index is 13.4. The molecular formula is C28H29N5O3. The molecule has 0 bridgehead atoms. The molecule has 1 unspecified atom stereocenters. The Morgan fingerprint density at radius 3 is 2.42 bits per heavy atom. The summed E-state index contributed by atoms with van der Waals surface area (Å²) >= 11 is 0. The van der Waals surface area contributed by atoms with Crippen molar-refractivity contribution in [1.82, 2.24) is 14.8 Å². The highest BCUT2D eigenvalue weighted by atomic mass is 16.5. The maximum absolute atomic E-state index is 13.4. The summed E-state index contributed by atoms with van der Waals surface area (Å²) in [6.07, 6.45) is 2.24. The summed E-state index contributed by atoms with van der Waals surface area (Å²) in [4.78, 5) is 18.0. The van der Waals surface area contributed by atoms with E-state index >= 15 is 0 Å². The quantitative estimate of drug-likeness (QED) is 0.510. The van der Waals surface area contributed by atoms with Crippen molar-refractivity contribution in [3.8, 4) is 11.8 Å². The first kappa shape index (κ1) is 23.8. The first-order valence-electron chi connectivity index (χ1n) is 12.1. The van der Waals surface area contributed by atoms with Crippen LogP contribution in [-0.4, -0.2) is 66.3 Å². The largest absolute Gasteiger partial charge is 0.497 e. The molecule has 3 aromatic rings. The van der Waals surface area contributed by atoms with Gasteiger partial charge in [-0.2, -0.15) is 10.4 Å². The van der Waals surface area contributed by atoms with E-state index in [1.807, 2.05) is 60.7 Å². The summed E-state index contributed by atoms with van der Waals surface area (Å²) in [5, 5.41) is 15.3. The molecule has 2 aliphatic heterocycles. The number of nitriles is 1. The second-order valence-corrected chi connectivity index (χ2v) is 9.11. The van der Waals surface area contributed by atoms with Gasteiger partial charge < -0.3 is 9.15 Å². The molecule has 1 saturated heterocycles. The first-order valence-corrected chi connectivity index (χ1v) is 12.1. The lowest BCUT2D eigenvalue weighted by molar-refractivity contribution is -0.135. The van der Waals surface area contributed by atoms with Crippen LogP contribution < -0.4 is 4.74 Å². The van der Waals surface area contributed by atoms with Crippen LogP contribution in [0.1, 0.15) is 34.9 Å². The fraction of sp³-hybridized carbons (Fsp3) is 0.321. The number of hydrazone groups is 1. The predicted octanol–water partition coefficient (Wildman–Crippen LogP) is 3.66. The predicted molar refractivity (Wildman–Crippen MR) is 135 cm³/mol. The Kier molecular flexibility index (Phi) is 7.12. The van der Waals surface area contributed by atoms with E-state index in [2.05, 4.69) is 15.9 Å². The highest BCUT2D eigenvalue weighted by molar-refractivity contribution is 6.03. The van der Waals surface area contributed by atoms with Crippen LogP contribution in [0.2, 0.25) is 0 Å². The zero-order valence-corrected chi connectivity index (χ0v) is 20.3. The number of furan rings is 1. The van der Waals surface area contributed by atoms with Crippen LogP contribution in [0.15, 0.2) is 76.4 Å². The third-order valence-corrected chi connectivity index (χ3v) is 6.77. The van der Waals surface area contributed by atoms with Crippen molar-refractivity contribution in [2.75, 3.05) is 39.8 Å². The molecule has 1 aromatic heterocycles. The van der Waals surface area contributed by atoms with Crippen molar-refractivity contribution in [2.24, 2.45) is 5.10 Å². The van der Waals surface area contributed by atoms with Gasteiger partial charge in [0.15, 0.2) is 0 Å². The smallest absolute Gasteiger partial charge is 0.257 e. The Balaban J connectivity index is 1.21. The number of nitrogens with zero attached hydrogens (tertiary/aromatic N) is 5. The van der Waals surface area contributed by atoms with Crippen LogP contribution in [0, 0.1) is 11.3 Å². The van der Waals surface area contributed by atoms with Gasteiger partial charge in [0.2, 0.25) is 0 Å². The molecule has 2 aromatic carbocycles. The Hall–Kier alpha value is -3.93. The van der Waals surface area contributed by atoms with E-state index in [9.17, 15) is 4.79 Å². The van der Waals surface area contributed by atoms with Gasteiger partial charge in [0.1, 0.15) is 17.6 Å². The van der Waals surface area contributed by atoms with Crippen LogP contribution in [0.4, 0.5) is 0 Å². The van der Waals surface area contributed by atoms with Crippen LogP contribution in [-0.2, 0) is 11.3 Å². The average Bonchev–Trinajstić information content (AvgIpc) is 3.61. The summed E-state index contributed by atoms with van der Waals surface area (Å²) in [6, 6.07) is 21.1. The van der Waals surface area contributed by atoms with E-state index in [1.165, 1.54) is 5.56 Å². The van der Waals surface area contributed by atoms with E-state index in [1.54, 1.807) is 18.4 Å². The summed E-state index contributed by atoms with van der Waals surface area (Å²) < 4.78 is 10.9. The van der Waals surface area contributed by atoms with Gasteiger partial charge in [0, 0.05) is 39.1 Å². The Bertz CT molecular complexity index is 1240. The molecule has 0 saturated carbocycles. The van der Waals surface area contributed by atoms with Crippen molar-refractivity contribution in [1.29, 1.82) is 5.26 Å². The molecule has 1 fully saturated rings. The van der Waals surface area contributed by atoms with Crippen molar-refractivity contribution in [2.45, 2.75) is 19.0 Å². The van der Waals surface area contributed by atoms with Gasteiger partial charge >= 0.3 is 0 Å². The molecule has 8 nitrogen and oxygen atoms in total. The fourth-order valence-corrected chi connectivity index (χ4v) is 4.71. The molecule has 36 heavy (non-hydrogen) atoms.